The first kappa shape index (κ1) is 17.5. The van der Waals surface area contributed by atoms with Crippen molar-refractivity contribution in [3.05, 3.63) is 67.3 Å². The third-order valence-electron chi connectivity index (χ3n) is 3.24. The molecule has 0 radical (unpaired) electrons. The smallest absolute Gasteiger partial charge is 0.213 e. The Kier molecular flexibility index (Phi) is 5.61. The Balaban J connectivity index is 2.23. The molecule has 0 fully saturated rings. The first-order valence-electron chi connectivity index (χ1n) is 7.42. The van der Waals surface area contributed by atoms with Crippen LogP contribution in [0, 0.1) is 0 Å². The highest BCUT2D eigenvalue weighted by atomic mass is 35.5. The maximum atomic E-state index is 6.36. The second-order valence-electron chi connectivity index (χ2n) is 5.11. The van der Waals surface area contributed by atoms with E-state index in [4.69, 9.17) is 39.8 Å². The molecule has 3 nitrogen and oxygen atoms in total. The number of hydrogen-bond acceptors (Lipinski definition) is 3. The van der Waals surface area contributed by atoms with Crippen molar-refractivity contribution in [2.45, 2.75) is 19.8 Å². The second-order valence-corrected chi connectivity index (χ2v) is 7.40. The molecule has 0 bridgehead atoms. The van der Waals surface area contributed by atoms with Crippen LogP contribution in [0.2, 0.25) is 15.1 Å². The minimum absolute atomic E-state index is 0.440. The lowest BCUT2D eigenvalue weighted by Crippen LogP contribution is -2.15. The summed E-state index contributed by atoms with van der Waals surface area (Å²) in [5.41, 5.74) is 1.44. The van der Waals surface area contributed by atoms with E-state index in [9.17, 15) is 0 Å². The lowest BCUT2D eigenvalue weighted by molar-refractivity contribution is 0.785. The summed E-state index contributed by atoms with van der Waals surface area (Å²) in [5, 5.41) is 6.99. The zero-order valence-electron chi connectivity index (χ0n) is 12.8. The van der Waals surface area contributed by atoms with E-state index in [1.54, 1.807) is 16.8 Å². The van der Waals surface area contributed by atoms with Gasteiger partial charge in [0.15, 0.2) is 0 Å². The van der Waals surface area contributed by atoms with E-state index in [2.05, 4.69) is 12.0 Å². The van der Waals surface area contributed by atoms with Gasteiger partial charge in [0, 0.05) is 11.4 Å². The van der Waals surface area contributed by atoms with Crippen LogP contribution in [-0.2, 0) is 6.42 Å². The Bertz CT molecular complexity index is 893. The number of benzene rings is 2. The van der Waals surface area contributed by atoms with Crippen LogP contribution in [0.15, 0.2) is 47.5 Å². The van der Waals surface area contributed by atoms with Crippen molar-refractivity contribution in [2.75, 3.05) is 0 Å². The van der Waals surface area contributed by atoms with E-state index in [1.807, 2.05) is 30.3 Å². The number of rotatable bonds is 4. The molecule has 0 unspecified atom stereocenters. The second kappa shape index (κ2) is 7.70. The molecule has 0 aliphatic heterocycles. The highest BCUT2D eigenvalue weighted by Gasteiger charge is 2.15. The third kappa shape index (κ3) is 3.83. The summed E-state index contributed by atoms with van der Waals surface area (Å²) in [7, 11) is 0. The van der Waals surface area contributed by atoms with Gasteiger partial charge in [-0.15, -0.1) is 0 Å². The summed E-state index contributed by atoms with van der Waals surface area (Å²) in [6.07, 6.45) is 1.87. The van der Waals surface area contributed by atoms with Crippen molar-refractivity contribution in [1.29, 1.82) is 0 Å². The summed E-state index contributed by atoms with van der Waals surface area (Å²) >= 11 is 20.3. The molecule has 3 aromatic rings. The van der Waals surface area contributed by atoms with Gasteiger partial charge in [0.1, 0.15) is 10.7 Å². The van der Waals surface area contributed by atoms with Crippen LogP contribution < -0.4 is 4.80 Å². The van der Waals surface area contributed by atoms with Gasteiger partial charge in [-0.05, 0) is 30.7 Å². The van der Waals surface area contributed by atoms with Gasteiger partial charge in [-0.3, -0.25) is 0 Å². The highest BCUT2D eigenvalue weighted by molar-refractivity contribution is 7.08. The summed E-state index contributed by atoms with van der Waals surface area (Å²) in [6, 6.07) is 13.0. The van der Waals surface area contributed by atoms with Gasteiger partial charge in [0.25, 0.3) is 0 Å². The Hall–Kier alpha value is -1.33. The molecule has 124 valence electrons. The normalized spacial score (nSPS) is 11.9. The maximum absolute atomic E-state index is 6.36. The molecule has 0 amide bonds. The van der Waals surface area contributed by atoms with Gasteiger partial charge in [0.05, 0.1) is 15.7 Å². The SMILES string of the molecule is CCCc1nn(-c2c(Cl)cc(Cl)cc2Cl)c(=Nc2ccccc2)s1. The van der Waals surface area contributed by atoms with Crippen molar-refractivity contribution in [3.8, 4) is 5.69 Å². The maximum Gasteiger partial charge on any atom is 0.213 e. The zero-order chi connectivity index (χ0) is 17.1. The summed E-state index contributed by atoms with van der Waals surface area (Å²) in [6.45, 7) is 2.11. The molecule has 0 saturated heterocycles. The van der Waals surface area contributed by atoms with Gasteiger partial charge in [-0.1, -0.05) is 71.3 Å². The molecule has 1 heterocycles. The quantitative estimate of drug-likeness (QED) is 0.524. The Morgan fingerprint density at radius 1 is 1.08 bits per heavy atom. The van der Waals surface area contributed by atoms with E-state index < -0.39 is 0 Å². The summed E-state index contributed by atoms with van der Waals surface area (Å²) < 4.78 is 1.70. The number of nitrogens with zero attached hydrogens (tertiary/aromatic N) is 3. The predicted molar refractivity (Wildman–Crippen MR) is 102 cm³/mol. The van der Waals surface area contributed by atoms with E-state index in [-0.39, 0.29) is 0 Å². The van der Waals surface area contributed by atoms with Crippen molar-refractivity contribution < 1.29 is 0 Å². The topological polar surface area (TPSA) is 30.2 Å². The van der Waals surface area contributed by atoms with E-state index in [0.29, 0.717) is 20.8 Å². The van der Waals surface area contributed by atoms with Crippen molar-refractivity contribution in [1.82, 2.24) is 9.78 Å². The molecule has 0 aliphatic rings. The molecule has 1 aromatic heterocycles. The van der Waals surface area contributed by atoms with Crippen LogP contribution in [0.1, 0.15) is 18.4 Å². The van der Waals surface area contributed by atoms with Crippen LogP contribution in [0.25, 0.3) is 5.69 Å². The van der Waals surface area contributed by atoms with E-state index in [0.717, 1.165) is 28.3 Å². The molecular weight excluding hydrogens is 385 g/mol. The van der Waals surface area contributed by atoms with Crippen molar-refractivity contribution in [2.24, 2.45) is 4.99 Å². The van der Waals surface area contributed by atoms with E-state index in [1.165, 1.54) is 11.3 Å². The number of para-hydroxylation sites is 1. The summed E-state index contributed by atoms with van der Waals surface area (Å²) in [4.78, 5) is 5.41. The Morgan fingerprint density at radius 3 is 2.38 bits per heavy atom. The fourth-order valence-corrected chi connectivity index (χ4v) is 4.19. The largest absolute Gasteiger partial charge is 0.220 e. The van der Waals surface area contributed by atoms with E-state index >= 15 is 0 Å². The van der Waals surface area contributed by atoms with Gasteiger partial charge in [0.2, 0.25) is 4.80 Å². The number of halogens is 3. The molecule has 7 heteroatoms. The molecular formula is C17H14Cl3N3S. The van der Waals surface area contributed by atoms with Crippen molar-refractivity contribution >= 4 is 51.8 Å². The fourth-order valence-electron chi connectivity index (χ4n) is 2.20. The average molecular weight is 399 g/mol. The zero-order valence-corrected chi connectivity index (χ0v) is 15.9. The van der Waals surface area contributed by atoms with Gasteiger partial charge < -0.3 is 0 Å². The minimum atomic E-state index is 0.440. The van der Waals surface area contributed by atoms with Crippen LogP contribution in [0.3, 0.4) is 0 Å². The molecule has 0 saturated carbocycles. The molecule has 0 aliphatic carbocycles. The van der Waals surface area contributed by atoms with Crippen molar-refractivity contribution in [3.63, 3.8) is 0 Å². The van der Waals surface area contributed by atoms with Crippen LogP contribution in [-0.4, -0.2) is 9.78 Å². The molecule has 2 aromatic carbocycles. The van der Waals surface area contributed by atoms with Crippen LogP contribution >= 0.6 is 46.1 Å². The highest BCUT2D eigenvalue weighted by Crippen LogP contribution is 2.31. The Morgan fingerprint density at radius 2 is 1.75 bits per heavy atom. The molecule has 0 N–H and O–H groups in total. The summed E-state index contributed by atoms with van der Waals surface area (Å²) in [5.74, 6) is 0. The molecule has 24 heavy (non-hydrogen) atoms. The molecule has 0 atom stereocenters. The predicted octanol–water partition coefficient (Wildman–Crippen LogP) is 6.08. The first-order chi connectivity index (χ1) is 11.6. The van der Waals surface area contributed by atoms with Gasteiger partial charge in [-0.2, -0.15) is 5.10 Å². The lowest BCUT2D eigenvalue weighted by atomic mass is 10.3. The number of aryl methyl sites for hydroxylation is 1. The Labute approximate surface area is 159 Å². The third-order valence-corrected chi connectivity index (χ3v) is 5.00. The average Bonchev–Trinajstić information content (AvgIpc) is 2.90. The van der Waals surface area contributed by atoms with Crippen LogP contribution in [0.4, 0.5) is 5.69 Å². The monoisotopic (exact) mass is 397 g/mol. The fraction of sp³-hybridized carbons (Fsp3) is 0.176. The van der Waals surface area contributed by atoms with Crippen LogP contribution in [0.5, 0.6) is 0 Å². The first-order valence-corrected chi connectivity index (χ1v) is 9.37. The number of aromatic nitrogens is 2. The standard InChI is InChI=1S/C17H14Cl3N3S/c1-2-6-15-22-23(16-13(19)9-11(18)10-14(16)20)17(24-15)21-12-7-4-3-5-8-12/h3-5,7-10H,2,6H2,1H3. The van der Waals surface area contributed by atoms with Gasteiger partial charge >= 0.3 is 0 Å². The number of hydrogen-bond donors (Lipinski definition) is 0. The molecule has 3 rings (SSSR count). The lowest BCUT2D eigenvalue weighted by Gasteiger charge is -2.07. The minimum Gasteiger partial charge on any atom is -0.220 e. The van der Waals surface area contributed by atoms with Gasteiger partial charge in [-0.25, -0.2) is 9.67 Å². The molecule has 0 spiro atoms.